The topological polar surface area (TPSA) is 46.6 Å². The number of pyridine rings is 1. The van der Waals surface area contributed by atoms with Gasteiger partial charge in [0.05, 0.1) is 5.69 Å². The predicted octanol–water partition coefficient (Wildman–Crippen LogP) is 1.21. The minimum Gasteiger partial charge on any atom is -0.326 e. The molecule has 1 aliphatic rings. The number of nitrogens with zero attached hydrogens (tertiary/aromatic N) is 3. The van der Waals surface area contributed by atoms with Crippen LogP contribution in [0.3, 0.4) is 0 Å². The maximum atomic E-state index is 5.74. The number of fused-ring (bicyclic) bond motifs is 1. The molecule has 1 unspecified atom stereocenters. The number of likely N-dealkylation sites (tertiary alicyclic amines) is 1. The zero-order valence-electron chi connectivity index (χ0n) is 10.1. The van der Waals surface area contributed by atoms with Crippen molar-refractivity contribution in [3.63, 3.8) is 0 Å². The molecular formula is C13H18N4. The molecule has 3 heterocycles. The molecular weight excluding hydrogens is 212 g/mol. The summed E-state index contributed by atoms with van der Waals surface area (Å²) >= 11 is 0. The highest BCUT2D eigenvalue weighted by Crippen LogP contribution is 2.26. The van der Waals surface area contributed by atoms with Gasteiger partial charge in [-0.3, -0.25) is 0 Å². The number of hydrogen-bond donors (Lipinski definition) is 1. The van der Waals surface area contributed by atoms with Crippen LogP contribution in [0.15, 0.2) is 24.5 Å². The standard InChI is InChI=1S/C13H18N4/c1-16-6-4-11(8-16)12-9-17-5-2-3-10(7-14)13(17)15-12/h2-3,5,9,11H,4,6-8,14H2,1H3. The van der Waals surface area contributed by atoms with Crippen molar-refractivity contribution in [2.75, 3.05) is 20.1 Å². The Balaban J connectivity index is 2.01. The van der Waals surface area contributed by atoms with E-state index in [-0.39, 0.29) is 0 Å². The fraction of sp³-hybridized carbons (Fsp3) is 0.462. The molecule has 0 bridgehead atoms. The first-order valence-corrected chi connectivity index (χ1v) is 6.13. The van der Waals surface area contributed by atoms with E-state index in [1.165, 1.54) is 18.7 Å². The van der Waals surface area contributed by atoms with Crippen LogP contribution in [0.4, 0.5) is 0 Å². The maximum absolute atomic E-state index is 5.74. The highest BCUT2D eigenvalue weighted by Gasteiger charge is 2.23. The van der Waals surface area contributed by atoms with Gasteiger partial charge in [-0.2, -0.15) is 0 Å². The van der Waals surface area contributed by atoms with Crippen LogP contribution in [-0.4, -0.2) is 34.4 Å². The SMILES string of the molecule is CN1CCC(c2cn3cccc(CN)c3n2)C1. The van der Waals surface area contributed by atoms with Crippen molar-refractivity contribution >= 4 is 5.65 Å². The van der Waals surface area contributed by atoms with Gasteiger partial charge in [-0.15, -0.1) is 0 Å². The summed E-state index contributed by atoms with van der Waals surface area (Å²) in [5, 5.41) is 0. The fourth-order valence-electron chi connectivity index (χ4n) is 2.62. The minimum absolute atomic E-state index is 0.547. The quantitative estimate of drug-likeness (QED) is 0.843. The van der Waals surface area contributed by atoms with E-state index in [2.05, 4.69) is 22.5 Å². The molecule has 2 N–H and O–H groups in total. The Bertz CT molecular complexity index is 531. The van der Waals surface area contributed by atoms with Gasteiger partial charge in [-0.05, 0) is 26.1 Å². The molecule has 0 saturated carbocycles. The summed E-state index contributed by atoms with van der Waals surface area (Å²) in [5.74, 6) is 0.575. The fourth-order valence-corrected chi connectivity index (χ4v) is 2.62. The Labute approximate surface area is 101 Å². The largest absolute Gasteiger partial charge is 0.326 e. The number of likely N-dealkylation sites (N-methyl/N-ethyl adjacent to an activating group) is 1. The Morgan fingerprint density at radius 2 is 2.41 bits per heavy atom. The molecule has 0 aromatic carbocycles. The van der Waals surface area contributed by atoms with Crippen molar-refractivity contribution in [1.82, 2.24) is 14.3 Å². The van der Waals surface area contributed by atoms with Gasteiger partial charge in [0, 0.05) is 37.0 Å². The average molecular weight is 230 g/mol. The lowest BCUT2D eigenvalue weighted by atomic mass is 10.1. The molecule has 2 aromatic heterocycles. The summed E-state index contributed by atoms with van der Waals surface area (Å²) in [5.41, 5.74) is 9.07. The van der Waals surface area contributed by atoms with Gasteiger partial charge in [0.1, 0.15) is 5.65 Å². The molecule has 1 atom stereocenters. The van der Waals surface area contributed by atoms with Crippen LogP contribution in [0.1, 0.15) is 23.6 Å². The second-order valence-electron chi connectivity index (χ2n) is 4.88. The van der Waals surface area contributed by atoms with E-state index >= 15 is 0 Å². The summed E-state index contributed by atoms with van der Waals surface area (Å²) in [6, 6.07) is 4.08. The van der Waals surface area contributed by atoms with E-state index in [1.54, 1.807) is 0 Å². The zero-order valence-corrected chi connectivity index (χ0v) is 10.1. The van der Waals surface area contributed by atoms with Crippen LogP contribution in [0.2, 0.25) is 0 Å². The first-order valence-electron chi connectivity index (χ1n) is 6.13. The third-order valence-electron chi connectivity index (χ3n) is 3.61. The van der Waals surface area contributed by atoms with E-state index in [0.717, 1.165) is 17.8 Å². The van der Waals surface area contributed by atoms with Crippen LogP contribution in [0.25, 0.3) is 5.65 Å². The number of imidazole rings is 1. The molecule has 0 spiro atoms. The molecule has 1 aliphatic heterocycles. The van der Waals surface area contributed by atoms with Crippen molar-refractivity contribution in [2.45, 2.75) is 18.9 Å². The average Bonchev–Trinajstić information content (AvgIpc) is 2.93. The van der Waals surface area contributed by atoms with E-state index in [9.17, 15) is 0 Å². The molecule has 2 aromatic rings. The van der Waals surface area contributed by atoms with Crippen molar-refractivity contribution in [3.05, 3.63) is 35.8 Å². The molecule has 0 radical (unpaired) electrons. The Morgan fingerprint density at radius 1 is 1.53 bits per heavy atom. The second kappa shape index (κ2) is 4.13. The minimum atomic E-state index is 0.547. The summed E-state index contributed by atoms with van der Waals surface area (Å²) in [6.07, 6.45) is 5.40. The highest BCUT2D eigenvalue weighted by molar-refractivity contribution is 5.49. The second-order valence-corrected chi connectivity index (χ2v) is 4.88. The van der Waals surface area contributed by atoms with Gasteiger partial charge in [-0.25, -0.2) is 4.98 Å². The van der Waals surface area contributed by atoms with Gasteiger partial charge < -0.3 is 15.0 Å². The Kier molecular flexibility index (Phi) is 2.61. The lowest BCUT2D eigenvalue weighted by Crippen LogP contribution is -2.13. The predicted molar refractivity (Wildman–Crippen MR) is 67.9 cm³/mol. The number of nitrogens with two attached hydrogens (primary N) is 1. The number of aromatic nitrogens is 2. The Morgan fingerprint density at radius 3 is 3.12 bits per heavy atom. The van der Waals surface area contributed by atoms with Crippen LogP contribution >= 0.6 is 0 Å². The lowest BCUT2D eigenvalue weighted by Gasteiger charge is -2.06. The zero-order chi connectivity index (χ0) is 11.8. The molecule has 4 nitrogen and oxygen atoms in total. The van der Waals surface area contributed by atoms with Gasteiger partial charge in [0.15, 0.2) is 0 Å². The van der Waals surface area contributed by atoms with E-state index in [0.29, 0.717) is 12.5 Å². The first-order chi connectivity index (χ1) is 8.28. The molecule has 0 aliphatic carbocycles. The first kappa shape index (κ1) is 10.7. The number of hydrogen-bond acceptors (Lipinski definition) is 3. The summed E-state index contributed by atoms with van der Waals surface area (Å²) in [4.78, 5) is 7.12. The summed E-state index contributed by atoms with van der Waals surface area (Å²) < 4.78 is 2.09. The molecule has 17 heavy (non-hydrogen) atoms. The molecule has 3 rings (SSSR count). The summed E-state index contributed by atoms with van der Waals surface area (Å²) in [7, 11) is 2.17. The Hall–Kier alpha value is -1.39. The third kappa shape index (κ3) is 1.83. The van der Waals surface area contributed by atoms with Crippen molar-refractivity contribution in [2.24, 2.45) is 5.73 Å². The molecule has 90 valence electrons. The van der Waals surface area contributed by atoms with E-state index < -0.39 is 0 Å². The van der Waals surface area contributed by atoms with Crippen molar-refractivity contribution in [1.29, 1.82) is 0 Å². The number of rotatable bonds is 2. The van der Waals surface area contributed by atoms with Crippen molar-refractivity contribution in [3.8, 4) is 0 Å². The van der Waals surface area contributed by atoms with E-state index in [1.807, 2.05) is 18.3 Å². The van der Waals surface area contributed by atoms with Gasteiger partial charge in [0.2, 0.25) is 0 Å². The lowest BCUT2D eigenvalue weighted by molar-refractivity contribution is 0.411. The van der Waals surface area contributed by atoms with Crippen LogP contribution in [-0.2, 0) is 6.54 Å². The van der Waals surface area contributed by atoms with Crippen LogP contribution < -0.4 is 5.73 Å². The van der Waals surface area contributed by atoms with E-state index in [4.69, 9.17) is 10.7 Å². The van der Waals surface area contributed by atoms with Gasteiger partial charge in [0.25, 0.3) is 0 Å². The molecule has 1 fully saturated rings. The normalized spacial score (nSPS) is 21.4. The van der Waals surface area contributed by atoms with Crippen molar-refractivity contribution < 1.29 is 0 Å². The maximum Gasteiger partial charge on any atom is 0.141 e. The van der Waals surface area contributed by atoms with Crippen LogP contribution in [0.5, 0.6) is 0 Å². The summed E-state index contributed by atoms with van der Waals surface area (Å²) in [6.45, 7) is 2.83. The highest BCUT2D eigenvalue weighted by atomic mass is 15.1. The van der Waals surface area contributed by atoms with Gasteiger partial charge >= 0.3 is 0 Å². The van der Waals surface area contributed by atoms with Gasteiger partial charge in [-0.1, -0.05) is 6.07 Å². The molecule has 1 saturated heterocycles. The monoisotopic (exact) mass is 230 g/mol. The van der Waals surface area contributed by atoms with Crippen LogP contribution in [0, 0.1) is 0 Å². The molecule has 4 heteroatoms. The third-order valence-corrected chi connectivity index (χ3v) is 3.61. The smallest absolute Gasteiger partial charge is 0.141 e. The molecule has 0 amide bonds.